The first-order chi connectivity index (χ1) is 8.33. The molecule has 0 aliphatic carbocycles. The van der Waals surface area contributed by atoms with Gasteiger partial charge in [0.05, 0.1) is 5.56 Å². The number of amides is 1. The van der Waals surface area contributed by atoms with E-state index in [9.17, 15) is 4.79 Å². The minimum atomic E-state index is -0.0834. The third kappa shape index (κ3) is 2.64. The number of hydrogen-bond donors (Lipinski definition) is 1. The molecule has 2 rings (SSSR count). The molecule has 1 saturated heterocycles. The summed E-state index contributed by atoms with van der Waals surface area (Å²) in [4.78, 5) is 18.5. The summed E-state index contributed by atoms with van der Waals surface area (Å²) in [6, 6.07) is 3.61. The van der Waals surface area contributed by atoms with Crippen LogP contribution in [0.15, 0.2) is 31.0 Å². The lowest BCUT2D eigenvalue weighted by Crippen LogP contribution is -2.28. The molecule has 1 aromatic heterocycles. The second-order valence-electron chi connectivity index (χ2n) is 4.07. The Balaban J connectivity index is 2.20. The molecule has 90 valence electrons. The maximum Gasteiger partial charge on any atom is 0.255 e. The molecule has 1 aliphatic rings. The van der Waals surface area contributed by atoms with E-state index in [0.717, 1.165) is 18.9 Å². The summed E-state index contributed by atoms with van der Waals surface area (Å²) in [5.41, 5.74) is 0.649. The Bertz CT molecular complexity index is 411. The van der Waals surface area contributed by atoms with E-state index in [1.807, 2.05) is 6.07 Å². The van der Waals surface area contributed by atoms with Crippen LogP contribution < -0.4 is 10.2 Å². The second kappa shape index (κ2) is 5.48. The van der Waals surface area contributed by atoms with Gasteiger partial charge in [0, 0.05) is 25.8 Å². The Morgan fingerprint density at radius 3 is 3.00 bits per heavy atom. The minimum Gasteiger partial charge on any atom is -0.356 e. The zero-order valence-electron chi connectivity index (χ0n) is 9.85. The fraction of sp³-hybridized carbons (Fsp3) is 0.385. The fourth-order valence-corrected chi connectivity index (χ4v) is 2.02. The predicted molar refractivity (Wildman–Crippen MR) is 68.2 cm³/mol. The summed E-state index contributed by atoms with van der Waals surface area (Å²) in [7, 11) is 0. The van der Waals surface area contributed by atoms with Crippen LogP contribution in [-0.4, -0.2) is 30.5 Å². The van der Waals surface area contributed by atoms with Crippen LogP contribution in [0.2, 0.25) is 0 Å². The van der Waals surface area contributed by atoms with Gasteiger partial charge in [0.1, 0.15) is 5.82 Å². The fourth-order valence-electron chi connectivity index (χ4n) is 2.02. The molecule has 1 N–H and O–H groups in total. The van der Waals surface area contributed by atoms with Crippen molar-refractivity contribution in [3.8, 4) is 0 Å². The number of anilines is 1. The van der Waals surface area contributed by atoms with Crippen molar-refractivity contribution < 1.29 is 4.79 Å². The van der Waals surface area contributed by atoms with Gasteiger partial charge in [-0.15, -0.1) is 6.58 Å². The highest BCUT2D eigenvalue weighted by Gasteiger charge is 2.19. The third-order valence-electron chi connectivity index (χ3n) is 2.84. The van der Waals surface area contributed by atoms with Crippen LogP contribution in [0.3, 0.4) is 0 Å². The maximum atomic E-state index is 12.0. The Morgan fingerprint density at radius 2 is 2.29 bits per heavy atom. The summed E-state index contributed by atoms with van der Waals surface area (Å²) in [5.74, 6) is 0.714. The zero-order valence-corrected chi connectivity index (χ0v) is 9.85. The molecule has 1 amide bonds. The molecule has 0 aromatic carbocycles. The summed E-state index contributed by atoms with van der Waals surface area (Å²) < 4.78 is 0. The van der Waals surface area contributed by atoms with Gasteiger partial charge < -0.3 is 10.2 Å². The summed E-state index contributed by atoms with van der Waals surface area (Å²) in [6.45, 7) is 6.03. The molecule has 0 saturated carbocycles. The van der Waals surface area contributed by atoms with Gasteiger partial charge in [-0.3, -0.25) is 4.79 Å². The molecule has 17 heavy (non-hydrogen) atoms. The van der Waals surface area contributed by atoms with E-state index in [1.165, 1.54) is 12.8 Å². The molecule has 0 bridgehead atoms. The Labute approximate surface area is 101 Å². The molecule has 0 unspecified atom stereocenters. The standard InChI is InChI=1S/C13H17N3O/c1-2-7-15-13(17)11-6-5-8-14-12(11)16-9-3-4-10-16/h2,5-6,8H,1,3-4,7,9-10H2,(H,15,17). The van der Waals surface area contributed by atoms with Crippen molar-refractivity contribution in [2.24, 2.45) is 0 Å². The highest BCUT2D eigenvalue weighted by molar-refractivity contribution is 5.98. The number of rotatable bonds is 4. The van der Waals surface area contributed by atoms with Gasteiger partial charge in [0.25, 0.3) is 5.91 Å². The Kier molecular flexibility index (Phi) is 3.75. The highest BCUT2D eigenvalue weighted by atomic mass is 16.1. The third-order valence-corrected chi connectivity index (χ3v) is 2.84. The predicted octanol–water partition coefficient (Wildman–Crippen LogP) is 1.60. The normalized spacial score (nSPS) is 14.7. The van der Waals surface area contributed by atoms with Gasteiger partial charge in [0.2, 0.25) is 0 Å². The Morgan fingerprint density at radius 1 is 1.53 bits per heavy atom. The smallest absolute Gasteiger partial charge is 0.255 e. The number of pyridine rings is 1. The largest absolute Gasteiger partial charge is 0.356 e. The SMILES string of the molecule is C=CCNC(=O)c1cccnc1N1CCCC1. The Hall–Kier alpha value is -1.84. The first-order valence-electron chi connectivity index (χ1n) is 5.92. The molecular weight excluding hydrogens is 214 g/mol. The van der Waals surface area contributed by atoms with E-state index in [1.54, 1.807) is 18.3 Å². The van der Waals surface area contributed by atoms with E-state index in [-0.39, 0.29) is 5.91 Å². The minimum absolute atomic E-state index is 0.0834. The van der Waals surface area contributed by atoms with E-state index in [2.05, 4.69) is 21.8 Å². The summed E-state index contributed by atoms with van der Waals surface area (Å²) >= 11 is 0. The average molecular weight is 231 g/mol. The summed E-state index contributed by atoms with van der Waals surface area (Å²) in [6.07, 6.45) is 5.75. The number of hydrogen-bond acceptors (Lipinski definition) is 3. The van der Waals surface area contributed by atoms with E-state index in [4.69, 9.17) is 0 Å². The molecular formula is C13H17N3O. The van der Waals surface area contributed by atoms with Crippen LogP contribution in [0, 0.1) is 0 Å². The quantitative estimate of drug-likeness (QED) is 0.800. The van der Waals surface area contributed by atoms with Crippen molar-refractivity contribution in [2.75, 3.05) is 24.5 Å². The molecule has 1 aromatic rings. The van der Waals surface area contributed by atoms with Gasteiger partial charge >= 0.3 is 0 Å². The molecule has 0 spiro atoms. The molecule has 4 heteroatoms. The van der Waals surface area contributed by atoms with Crippen molar-refractivity contribution in [3.63, 3.8) is 0 Å². The average Bonchev–Trinajstić information content (AvgIpc) is 2.89. The lowest BCUT2D eigenvalue weighted by Gasteiger charge is -2.19. The van der Waals surface area contributed by atoms with Crippen molar-refractivity contribution >= 4 is 11.7 Å². The maximum absolute atomic E-state index is 12.0. The number of nitrogens with zero attached hydrogens (tertiary/aromatic N) is 2. The first-order valence-corrected chi connectivity index (χ1v) is 5.92. The van der Waals surface area contributed by atoms with E-state index >= 15 is 0 Å². The lowest BCUT2D eigenvalue weighted by atomic mass is 10.2. The van der Waals surface area contributed by atoms with Crippen LogP contribution >= 0.6 is 0 Å². The number of aromatic nitrogens is 1. The second-order valence-corrected chi connectivity index (χ2v) is 4.07. The van der Waals surface area contributed by atoms with Crippen LogP contribution in [0.5, 0.6) is 0 Å². The molecule has 2 heterocycles. The van der Waals surface area contributed by atoms with Crippen molar-refractivity contribution in [1.29, 1.82) is 0 Å². The molecule has 1 aliphatic heterocycles. The van der Waals surface area contributed by atoms with E-state index in [0.29, 0.717) is 12.1 Å². The van der Waals surface area contributed by atoms with Crippen molar-refractivity contribution in [1.82, 2.24) is 10.3 Å². The first kappa shape index (κ1) is 11.6. The summed E-state index contributed by atoms with van der Waals surface area (Å²) in [5, 5.41) is 2.79. The van der Waals surface area contributed by atoms with Gasteiger partial charge in [-0.1, -0.05) is 6.08 Å². The number of carbonyl (C=O) groups is 1. The number of nitrogens with one attached hydrogen (secondary N) is 1. The van der Waals surface area contributed by atoms with Crippen LogP contribution in [-0.2, 0) is 0 Å². The molecule has 1 fully saturated rings. The number of carbonyl (C=O) groups excluding carboxylic acids is 1. The lowest BCUT2D eigenvalue weighted by molar-refractivity contribution is 0.0958. The molecule has 4 nitrogen and oxygen atoms in total. The topological polar surface area (TPSA) is 45.2 Å². The molecule has 0 radical (unpaired) electrons. The van der Waals surface area contributed by atoms with Crippen molar-refractivity contribution in [3.05, 3.63) is 36.5 Å². The zero-order chi connectivity index (χ0) is 12.1. The van der Waals surface area contributed by atoms with E-state index < -0.39 is 0 Å². The van der Waals surface area contributed by atoms with Crippen molar-refractivity contribution in [2.45, 2.75) is 12.8 Å². The van der Waals surface area contributed by atoms with Gasteiger partial charge in [-0.2, -0.15) is 0 Å². The highest BCUT2D eigenvalue weighted by Crippen LogP contribution is 2.21. The van der Waals surface area contributed by atoms with Crippen LogP contribution in [0.25, 0.3) is 0 Å². The van der Waals surface area contributed by atoms with Crippen LogP contribution in [0.1, 0.15) is 23.2 Å². The van der Waals surface area contributed by atoms with Gasteiger partial charge in [0.15, 0.2) is 0 Å². The van der Waals surface area contributed by atoms with Gasteiger partial charge in [-0.25, -0.2) is 4.98 Å². The van der Waals surface area contributed by atoms with Gasteiger partial charge in [-0.05, 0) is 25.0 Å². The monoisotopic (exact) mass is 231 g/mol. The molecule has 0 atom stereocenters. The van der Waals surface area contributed by atoms with Crippen LogP contribution in [0.4, 0.5) is 5.82 Å².